The number of hydrogen-bond acceptors (Lipinski definition) is 5. The second kappa shape index (κ2) is 7.79. The van der Waals surface area contributed by atoms with Gasteiger partial charge in [-0.15, -0.1) is 11.3 Å². The normalized spacial score (nSPS) is 13.5. The molecule has 31 heavy (non-hydrogen) atoms. The molecule has 4 aromatic rings. The van der Waals surface area contributed by atoms with Gasteiger partial charge in [-0.25, -0.2) is 9.97 Å². The number of thiazole rings is 1. The molecule has 0 aliphatic carbocycles. The number of carbonyl (C=O) groups excluding carboxylic acids is 1. The highest BCUT2D eigenvalue weighted by Gasteiger charge is 2.27. The minimum absolute atomic E-state index is 0.177. The minimum atomic E-state index is -0.197. The van der Waals surface area contributed by atoms with E-state index in [4.69, 9.17) is 11.6 Å². The van der Waals surface area contributed by atoms with Gasteiger partial charge in [-0.2, -0.15) is 0 Å². The topological polar surface area (TPSA) is 73.0 Å². The van der Waals surface area contributed by atoms with Gasteiger partial charge in [0.25, 0.3) is 11.5 Å². The Morgan fingerprint density at radius 2 is 1.97 bits per heavy atom. The zero-order chi connectivity index (χ0) is 21.5. The monoisotopic (exact) mass is 451 g/mol. The summed E-state index contributed by atoms with van der Waals surface area (Å²) in [5.74, 6) is -0.177. The van der Waals surface area contributed by atoms with Crippen molar-refractivity contribution in [2.45, 2.75) is 20.0 Å². The molecule has 5 rings (SSSR count). The van der Waals surface area contributed by atoms with Crippen LogP contribution in [0.25, 0.3) is 16.3 Å². The van der Waals surface area contributed by atoms with E-state index in [0.717, 1.165) is 22.0 Å². The van der Waals surface area contributed by atoms with E-state index >= 15 is 0 Å². The Morgan fingerprint density at radius 3 is 2.74 bits per heavy atom. The number of amides is 1. The molecule has 0 spiro atoms. The van der Waals surface area contributed by atoms with Crippen molar-refractivity contribution in [3.05, 3.63) is 86.8 Å². The first-order chi connectivity index (χ1) is 15.0. The predicted octanol–water partition coefficient (Wildman–Crippen LogP) is 3.78. The van der Waals surface area contributed by atoms with Crippen LogP contribution < -0.4 is 5.56 Å². The second-order valence-corrected chi connectivity index (χ2v) is 8.60. The standard InChI is InChI=1S/C22H18ClN5O2S/c1-14-10-27(13-24-14)18-6-7-19-21(29)26(8-9-28(19)22(18)30)11-15-12-31-20(25-15)16-4-2-3-5-17(16)23/h2-7,10,12-13H,8-9,11H2,1H3. The van der Waals surface area contributed by atoms with Crippen LogP contribution in [-0.2, 0) is 13.1 Å². The molecule has 3 aromatic heterocycles. The van der Waals surface area contributed by atoms with Gasteiger partial charge in [-0.1, -0.05) is 29.8 Å². The maximum atomic E-state index is 13.1. The fourth-order valence-corrected chi connectivity index (χ4v) is 4.82. The van der Waals surface area contributed by atoms with Crippen molar-refractivity contribution < 1.29 is 4.79 Å². The smallest absolute Gasteiger partial charge is 0.275 e. The second-order valence-electron chi connectivity index (χ2n) is 7.33. The molecular formula is C22H18ClN5O2S. The number of fused-ring (bicyclic) bond motifs is 1. The first kappa shape index (κ1) is 19.7. The van der Waals surface area contributed by atoms with E-state index in [1.807, 2.05) is 36.6 Å². The maximum absolute atomic E-state index is 13.1. The third kappa shape index (κ3) is 3.58. The molecule has 156 valence electrons. The number of imidazole rings is 1. The van der Waals surface area contributed by atoms with Crippen molar-refractivity contribution in [1.82, 2.24) is 24.0 Å². The lowest BCUT2D eigenvalue weighted by Gasteiger charge is -2.29. The summed E-state index contributed by atoms with van der Waals surface area (Å²) >= 11 is 7.78. The fourth-order valence-electron chi connectivity index (χ4n) is 3.69. The van der Waals surface area contributed by atoms with Crippen LogP contribution in [0.3, 0.4) is 0 Å². The molecule has 0 saturated carbocycles. The van der Waals surface area contributed by atoms with Crippen molar-refractivity contribution >= 4 is 28.8 Å². The first-order valence-electron chi connectivity index (χ1n) is 9.74. The molecule has 4 heterocycles. The van der Waals surface area contributed by atoms with E-state index < -0.39 is 0 Å². The fraction of sp³-hybridized carbons (Fsp3) is 0.182. The minimum Gasteiger partial charge on any atom is -0.330 e. The summed E-state index contributed by atoms with van der Waals surface area (Å²) in [5, 5.41) is 3.41. The number of rotatable bonds is 4. The van der Waals surface area contributed by atoms with Crippen molar-refractivity contribution in [3.63, 3.8) is 0 Å². The van der Waals surface area contributed by atoms with Crippen molar-refractivity contribution in [2.24, 2.45) is 0 Å². The SMILES string of the molecule is Cc1cn(-c2ccc3n(c2=O)CCN(Cc2csc(-c4ccccc4Cl)n2)C3=O)cn1. The summed E-state index contributed by atoms with van der Waals surface area (Å²) in [4.78, 5) is 36.6. The average molecular weight is 452 g/mol. The lowest BCUT2D eigenvalue weighted by atomic mass is 10.2. The number of benzene rings is 1. The Bertz CT molecular complexity index is 1360. The molecule has 1 amide bonds. The van der Waals surface area contributed by atoms with Gasteiger partial charge in [0, 0.05) is 30.2 Å². The van der Waals surface area contributed by atoms with Crippen LogP contribution in [0.1, 0.15) is 21.9 Å². The molecule has 0 unspecified atom stereocenters. The number of pyridine rings is 1. The van der Waals surface area contributed by atoms with Crippen LogP contribution >= 0.6 is 22.9 Å². The van der Waals surface area contributed by atoms with E-state index in [1.54, 1.807) is 38.7 Å². The number of aromatic nitrogens is 4. The highest BCUT2D eigenvalue weighted by molar-refractivity contribution is 7.13. The zero-order valence-corrected chi connectivity index (χ0v) is 18.2. The summed E-state index contributed by atoms with van der Waals surface area (Å²) < 4.78 is 3.23. The van der Waals surface area contributed by atoms with E-state index in [-0.39, 0.29) is 11.5 Å². The number of nitrogens with zero attached hydrogens (tertiary/aromatic N) is 5. The number of aryl methyl sites for hydroxylation is 1. The molecular weight excluding hydrogens is 434 g/mol. The molecule has 0 N–H and O–H groups in total. The van der Waals surface area contributed by atoms with E-state index in [2.05, 4.69) is 9.97 Å². The largest absolute Gasteiger partial charge is 0.330 e. The number of halogens is 1. The van der Waals surface area contributed by atoms with Crippen LogP contribution in [0.4, 0.5) is 0 Å². The number of carbonyl (C=O) groups is 1. The van der Waals surface area contributed by atoms with Gasteiger partial charge in [-0.3, -0.25) is 9.59 Å². The molecule has 0 fully saturated rings. The molecule has 1 aliphatic heterocycles. The van der Waals surface area contributed by atoms with Gasteiger partial charge in [0.1, 0.15) is 16.4 Å². The molecule has 9 heteroatoms. The molecule has 7 nitrogen and oxygen atoms in total. The summed E-state index contributed by atoms with van der Waals surface area (Å²) in [6.07, 6.45) is 3.40. The van der Waals surface area contributed by atoms with Gasteiger partial charge < -0.3 is 14.0 Å². The summed E-state index contributed by atoms with van der Waals surface area (Å²) in [7, 11) is 0. The zero-order valence-electron chi connectivity index (χ0n) is 16.7. The first-order valence-corrected chi connectivity index (χ1v) is 11.0. The van der Waals surface area contributed by atoms with Crippen molar-refractivity contribution in [2.75, 3.05) is 6.54 Å². The van der Waals surface area contributed by atoms with E-state index in [0.29, 0.717) is 36.0 Å². The summed E-state index contributed by atoms with van der Waals surface area (Å²) in [5.41, 5.74) is 3.17. The van der Waals surface area contributed by atoms with E-state index in [1.165, 1.54) is 11.3 Å². The summed E-state index contributed by atoms with van der Waals surface area (Å²) in [6, 6.07) is 10.9. The Kier molecular flexibility index (Phi) is 4.95. The average Bonchev–Trinajstić information content (AvgIpc) is 3.40. The molecule has 0 radical (unpaired) electrons. The molecule has 1 aliphatic rings. The van der Waals surface area contributed by atoms with Gasteiger partial charge in [0.15, 0.2) is 0 Å². The Hall–Kier alpha value is -3.23. The Labute approximate surface area is 187 Å². The highest BCUT2D eigenvalue weighted by atomic mass is 35.5. The third-order valence-corrected chi connectivity index (χ3v) is 6.51. The lowest BCUT2D eigenvalue weighted by molar-refractivity contribution is 0.0684. The molecule has 0 bridgehead atoms. The molecule has 0 atom stereocenters. The van der Waals surface area contributed by atoms with Crippen LogP contribution in [-0.4, -0.2) is 36.5 Å². The summed E-state index contributed by atoms with van der Waals surface area (Å²) in [6.45, 7) is 3.13. The van der Waals surface area contributed by atoms with E-state index in [9.17, 15) is 9.59 Å². The van der Waals surface area contributed by atoms with Gasteiger partial charge in [0.05, 0.1) is 29.3 Å². The van der Waals surface area contributed by atoms with Crippen LogP contribution in [0.2, 0.25) is 5.02 Å². The quantitative estimate of drug-likeness (QED) is 0.473. The van der Waals surface area contributed by atoms with Crippen LogP contribution in [0.5, 0.6) is 0 Å². The van der Waals surface area contributed by atoms with Gasteiger partial charge in [-0.05, 0) is 25.1 Å². The predicted molar refractivity (Wildman–Crippen MR) is 120 cm³/mol. The third-order valence-electron chi connectivity index (χ3n) is 5.25. The van der Waals surface area contributed by atoms with Crippen LogP contribution in [0, 0.1) is 6.92 Å². The molecule has 1 aromatic carbocycles. The van der Waals surface area contributed by atoms with Gasteiger partial charge >= 0.3 is 0 Å². The van der Waals surface area contributed by atoms with Gasteiger partial charge in [0.2, 0.25) is 0 Å². The maximum Gasteiger partial charge on any atom is 0.275 e. The Balaban J connectivity index is 1.39. The Morgan fingerprint density at radius 1 is 1.13 bits per heavy atom. The van der Waals surface area contributed by atoms with Crippen LogP contribution in [0.15, 0.2) is 59.1 Å². The number of hydrogen-bond donors (Lipinski definition) is 0. The molecule has 0 saturated heterocycles. The highest BCUT2D eigenvalue weighted by Crippen LogP contribution is 2.30. The van der Waals surface area contributed by atoms with Crippen molar-refractivity contribution in [1.29, 1.82) is 0 Å². The van der Waals surface area contributed by atoms with Crippen molar-refractivity contribution in [3.8, 4) is 16.3 Å². The lowest BCUT2D eigenvalue weighted by Crippen LogP contribution is -2.44.